The van der Waals surface area contributed by atoms with Gasteiger partial charge in [0.25, 0.3) is 0 Å². The maximum atomic E-state index is 12.9. The Morgan fingerprint density at radius 2 is 1.56 bits per heavy atom. The summed E-state index contributed by atoms with van der Waals surface area (Å²) in [6, 6.07) is 10.1. The van der Waals surface area contributed by atoms with Crippen LogP contribution in [0, 0.1) is 13.8 Å². The Morgan fingerprint density at radius 3 is 2.06 bits per heavy atom. The fourth-order valence-electron chi connectivity index (χ4n) is 4.34. The normalized spacial score (nSPS) is 14.9. The summed E-state index contributed by atoms with van der Waals surface area (Å²) < 4.78 is 32.7. The van der Waals surface area contributed by atoms with Crippen LogP contribution in [0.15, 0.2) is 41.3 Å². The van der Waals surface area contributed by atoms with E-state index in [0.29, 0.717) is 25.2 Å². The van der Waals surface area contributed by atoms with Gasteiger partial charge in [-0.05, 0) is 56.6 Å². The largest absolute Gasteiger partial charge is 0.496 e. The van der Waals surface area contributed by atoms with Crippen molar-refractivity contribution in [2.24, 2.45) is 0 Å². The van der Waals surface area contributed by atoms with Gasteiger partial charge >= 0.3 is 0 Å². The van der Waals surface area contributed by atoms with Crippen LogP contribution in [0.5, 0.6) is 5.75 Å². The van der Waals surface area contributed by atoms with Crippen molar-refractivity contribution in [1.29, 1.82) is 0 Å². The second-order valence-corrected chi connectivity index (χ2v) is 10.7. The Balaban J connectivity index is 1.55. The van der Waals surface area contributed by atoms with Crippen LogP contribution in [0.4, 0.5) is 0 Å². The van der Waals surface area contributed by atoms with E-state index in [2.05, 4.69) is 12.1 Å². The first kappa shape index (κ1) is 25.9. The van der Waals surface area contributed by atoms with Crippen molar-refractivity contribution in [3.8, 4) is 5.75 Å². The van der Waals surface area contributed by atoms with Crippen LogP contribution in [-0.4, -0.2) is 81.1 Å². The van der Waals surface area contributed by atoms with Gasteiger partial charge in [-0.2, -0.15) is 4.31 Å². The first-order valence-corrected chi connectivity index (χ1v) is 12.7. The highest BCUT2D eigenvalue weighted by molar-refractivity contribution is 7.89. The number of aryl methyl sites for hydroxylation is 2. The van der Waals surface area contributed by atoms with Crippen molar-refractivity contribution < 1.29 is 22.7 Å². The number of carbonyl (C=O) groups is 2. The van der Waals surface area contributed by atoms with E-state index in [1.807, 2.05) is 25.8 Å². The van der Waals surface area contributed by atoms with Crippen molar-refractivity contribution in [3.63, 3.8) is 0 Å². The molecular weight excluding hydrogens is 454 g/mol. The highest BCUT2D eigenvalue weighted by Crippen LogP contribution is 2.25. The smallest absolute Gasteiger partial charge is 0.243 e. The highest BCUT2D eigenvalue weighted by atomic mass is 32.2. The molecule has 0 atom stereocenters. The van der Waals surface area contributed by atoms with Crippen LogP contribution in [0.3, 0.4) is 0 Å². The Labute approximate surface area is 202 Å². The van der Waals surface area contributed by atoms with Gasteiger partial charge in [0.1, 0.15) is 5.75 Å². The number of hydrogen-bond donors (Lipinski definition) is 0. The molecule has 34 heavy (non-hydrogen) atoms. The molecule has 0 bridgehead atoms. The standard InChI is InChI=1S/C25H33N3O5S/c1-18-14-21(15-19(2)25(18)33-5)16-26(4)17-24(30)27-10-12-28(13-11-27)34(31,32)23-8-6-22(7-9-23)20(3)29/h6-9,14-15H,10-13,16-17H2,1-5H3. The van der Waals surface area contributed by atoms with Gasteiger partial charge in [-0.15, -0.1) is 0 Å². The summed E-state index contributed by atoms with van der Waals surface area (Å²) >= 11 is 0. The van der Waals surface area contributed by atoms with Gasteiger partial charge in [0.2, 0.25) is 15.9 Å². The van der Waals surface area contributed by atoms with E-state index < -0.39 is 10.0 Å². The molecule has 1 aliphatic rings. The molecule has 0 spiro atoms. The van der Waals surface area contributed by atoms with Gasteiger partial charge in [-0.3, -0.25) is 14.5 Å². The van der Waals surface area contributed by atoms with Crippen molar-refractivity contribution >= 4 is 21.7 Å². The van der Waals surface area contributed by atoms with Gasteiger partial charge in [0.15, 0.2) is 5.78 Å². The first-order valence-electron chi connectivity index (χ1n) is 11.2. The lowest BCUT2D eigenvalue weighted by atomic mass is 10.1. The van der Waals surface area contributed by atoms with Crippen molar-refractivity contribution in [1.82, 2.24) is 14.1 Å². The molecule has 0 aliphatic carbocycles. The van der Waals surface area contributed by atoms with E-state index in [4.69, 9.17) is 4.74 Å². The topological polar surface area (TPSA) is 87.2 Å². The summed E-state index contributed by atoms with van der Waals surface area (Å²) in [4.78, 5) is 28.1. The molecule has 1 aliphatic heterocycles. The number of hydrogen-bond acceptors (Lipinski definition) is 6. The lowest BCUT2D eigenvalue weighted by molar-refractivity contribution is -0.133. The van der Waals surface area contributed by atoms with Gasteiger partial charge in [-0.25, -0.2) is 8.42 Å². The lowest BCUT2D eigenvalue weighted by Gasteiger charge is -2.34. The zero-order valence-electron chi connectivity index (χ0n) is 20.5. The molecule has 0 N–H and O–H groups in total. The molecule has 8 nitrogen and oxygen atoms in total. The van der Waals surface area contributed by atoms with E-state index >= 15 is 0 Å². The molecule has 9 heteroatoms. The Morgan fingerprint density at radius 1 is 1.00 bits per heavy atom. The lowest BCUT2D eigenvalue weighted by Crippen LogP contribution is -2.52. The van der Waals surface area contributed by atoms with E-state index in [1.165, 1.54) is 35.5 Å². The van der Waals surface area contributed by atoms with Crippen molar-refractivity contribution in [2.45, 2.75) is 32.2 Å². The number of nitrogens with zero attached hydrogens (tertiary/aromatic N) is 3. The van der Waals surface area contributed by atoms with E-state index in [1.54, 1.807) is 12.0 Å². The zero-order chi connectivity index (χ0) is 25.0. The quantitative estimate of drug-likeness (QED) is 0.532. The molecule has 2 aromatic rings. The third-order valence-corrected chi connectivity index (χ3v) is 7.98. The van der Waals surface area contributed by atoms with Crippen LogP contribution in [0.25, 0.3) is 0 Å². The zero-order valence-corrected chi connectivity index (χ0v) is 21.3. The Hall–Kier alpha value is -2.75. The Kier molecular flexibility index (Phi) is 8.12. The molecule has 1 saturated heterocycles. The minimum absolute atomic E-state index is 0.0210. The van der Waals surface area contributed by atoms with Crippen LogP contribution in [0.1, 0.15) is 34.0 Å². The number of rotatable bonds is 8. The van der Waals surface area contributed by atoms with Crippen LogP contribution >= 0.6 is 0 Å². The summed E-state index contributed by atoms with van der Waals surface area (Å²) in [6.07, 6.45) is 0. The SMILES string of the molecule is COc1c(C)cc(CN(C)CC(=O)N2CCN(S(=O)(=O)c3ccc(C(C)=O)cc3)CC2)cc1C. The highest BCUT2D eigenvalue weighted by Gasteiger charge is 2.30. The minimum Gasteiger partial charge on any atom is -0.496 e. The summed E-state index contributed by atoms with van der Waals surface area (Å²) in [7, 11) is -0.105. The molecule has 184 valence electrons. The predicted molar refractivity (Wildman–Crippen MR) is 131 cm³/mol. The molecule has 1 amide bonds. The monoisotopic (exact) mass is 487 g/mol. The van der Waals surface area contributed by atoms with Crippen molar-refractivity contribution in [3.05, 3.63) is 58.7 Å². The second-order valence-electron chi connectivity index (χ2n) is 8.80. The molecule has 0 aromatic heterocycles. The summed E-state index contributed by atoms with van der Waals surface area (Å²) in [5.74, 6) is 0.746. The van der Waals surface area contributed by atoms with E-state index in [9.17, 15) is 18.0 Å². The number of carbonyl (C=O) groups excluding carboxylic acids is 2. The number of amides is 1. The number of piperazine rings is 1. The predicted octanol–water partition coefficient (Wildman–Crippen LogP) is 2.48. The first-order chi connectivity index (χ1) is 16.0. The maximum absolute atomic E-state index is 12.9. The molecule has 0 radical (unpaired) electrons. The average Bonchev–Trinajstić information content (AvgIpc) is 2.79. The fourth-order valence-corrected chi connectivity index (χ4v) is 5.76. The van der Waals surface area contributed by atoms with Crippen molar-refractivity contribution in [2.75, 3.05) is 46.9 Å². The molecular formula is C25H33N3O5S. The van der Waals surface area contributed by atoms with Crippen LogP contribution < -0.4 is 4.74 Å². The number of sulfonamides is 1. The second kappa shape index (κ2) is 10.7. The van der Waals surface area contributed by atoms with Gasteiger partial charge in [-0.1, -0.05) is 24.3 Å². The van der Waals surface area contributed by atoms with E-state index in [0.717, 1.165) is 22.4 Å². The number of Topliss-reactive ketones (excluding diaryl/α,β-unsaturated/α-hetero) is 1. The molecule has 0 unspecified atom stereocenters. The number of likely N-dealkylation sites (N-methyl/N-ethyl adjacent to an activating group) is 1. The summed E-state index contributed by atoms with van der Waals surface area (Å²) in [5.41, 5.74) is 3.70. The fraction of sp³-hybridized carbons (Fsp3) is 0.440. The number of benzene rings is 2. The number of ether oxygens (including phenoxy) is 1. The van der Waals surface area contributed by atoms with Crippen LogP contribution in [-0.2, 0) is 21.4 Å². The molecule has 1 fully saturated rings. The number of ketones is 1. The third kappa shape index (κ3) is 5.84. The maximum Gasteiger partial charge on any atom is 0.243 e. The third-order valence-electron chi connectivity index (χ3n) is 6.07. The molecule has 3 rings (SSSR count). The molecule has 2 aromatic carbocycles. The summed E-state index contributed by atoms with van der Waals surface area (Å²) in [5, 5.41) is 0. The minimum atomic E-state index is -3.67. The average molecular weight is 488 g/mol. The van der Waals surface area contributed by atoms with Gasteiger partial charge in [0, 0.05) is 38.3 Å². The van der Waals surface area contributed by atoms with E-state index in [-0.39, 0.29) is 36.2 Å². The molecule has 1 heterocycles. The molecule has 0 saturated carbocycles. The summed E-state index contributed by atoms with van der Waals surface area (Å²) in [6.45, 7) is 7.50. The van der Waals surface area contributed by atoms with Crippen LogP contribution in [0.2, 0.25) is 0 Å². The Bertz CT molecular complexity index is 1130. The van der Waals surface area contributed by atoms with Gasteiger partial charge < -0.3 is 9.64 Å². The number of methoxy groups -OCH3 is 1. The van der Waals surface area contributed by atoms with Gasteiger partial charge in [0.05, 0.1) is 18.6 Å².